The molecule has 2 N–H and O–H groups in total. The van der Waals surface area contributed by atoms with Gasteiger partial charge in [0.05, 0.1) is 13.2 Å². The van der Waals surface area contributed by atoms with Crippen molar-refractivity contribution in [3.63, 3.8) is 0 Å². The number of rotatable bonds is 5. The molecule has 2 amide bonds. The van der Waals surface area contributed by atoms with Crippen molar-refractivity contribution in [2.24, 2.45) is 0 Å². The zero-order valence-corrected chi connectivity index (χ0v) is 13.7. The van der Waals surface area contributed by atoms with E-state index in [-0.39, 0.29) is 12.1 Å². The summed E-state index contributed by atoms with van der Waals surface area (Å²) in [7, 11) is 1.65. The van der Waals surface area contributed by atoms with Gasteiger partial charge in [0.25, 0.3) is 0 Å². The third-order valence-electron chi connectivity index (χ3n) is 4.09. The Kier molecular flexibility index (Phi) is 5.21. The third kappa shape index (κ3) is 3.98. The molecular formula is C19H22N2O3. The number of carbonyl (C=O) groups excluding carboxylic acids is 1. The van der Waals surface area contributed by atoms with Crippen LogP contribution in [0.4, 0.5) is 4.79 Å². The van der Waals surface area contributed by atoms with Gasteiger partial charge >= 0.3 is 6.03 Å². The Bertz CT molecular complexity index is 703. The van der Waals surface area contributed by atoms with E-state index < -0.39 is 0 Å². The number of para-hydroxylation sites is 2. The van der Waals surface area contributed by atoms with Crippen LogP contribution in [0, 0.1) is 0 Å². The quantitative estimate of drug-likeness (QED) is 0.888. The van der Waals surface area contributed by atoms with Crippen LogP contribution in [0.25, 0.3) is 0 Å². The topological polar surface area (TPSA) is 59.6 Å². The van der Waals surface area contributed by atoms with Crippen molar-refractivity contribution in [2.75, 3.05) is 20.3 Å². The molecular weight excluding hydrogens is 304 g/mol. The van der Waals surface area contributed by atoms with Crippen molar-refractivity contribution in [3.8, 4) is 11.5 Å². The molecule has 0 unspecified atom stereocenters. The van der Waals surface area contributed by atoms with Crippen molar-refractivity contribution >= 4 is 6.03 Å². The van der Waals surface area contributed by atoms with E-state index in [9.17, 15) is 4.79 Å². The van der Waals surface area contributed by atoms with Crippen LogP contribution in [0.1, 0.15) is 11.1 Å². The zero-order chi connectivity index (χ0) is 16.8. The molecule has 2 aromatic rings. The molecule has 24 heavy (non-hydrogen) atoms. The molecule has 1 atom stereocenters. The first-order valence-corrected chi connectivity index (χ1v) is 8.13. The molecule has 5 nitrogen and oxygen atoms in total. The maximum atomic E-state index is 12.1. The molecule has 0 fully saturated rings. The lowest BCUT2D eigenvalue weighted by atomic mass is 10.0. The number of fused-ring (bicyclic) bond motifs is 1. The van der Waals surface area contributed by atoms with Gasteiger partial charge in [0.15, 0.2) is 0 Å². The zero-order valence-electron chi connectivity index (χ0n) is 13.7. The van der Waals surface area contributed by atoms with Crippen LogP contribution in [0.5, 0.6) is 11.5 Å². The molecule has 3 rings (SSSR count). The highest BCUT2D eigenvalue weighted by Crippen LogP contribution is 2.23. The molecule has 1 aliphatic heterocycles. The average molecular weight is 326 g/mol. The van der Waals surface area contributed by atoms with E-state index in [0.29, 0.717) is 13.2 Å². The Morgan fingerprint density at radius 3 is 2.88 bits per heavy atom. The van der Waals surface area contributed by atoms with Gasteiger partial charge in [0.1, 0.15) is 18.1 Å². The number of urea groups is 1. The molecule has 0 aliphatic carbocycles. The van der Waals surface area contributed by atoms with Crippen molar-refractivity contribution in [3.05, 3.63) is 59.7 Å². The Morgan fingerprint density at radius 1 is 1.21 bits per heavy atom. The van der Waals surface area contributed by atoms with Gasteiger partial charge in [-0.15, -0.1) is 0 Å². The Morgan fingerprint density at radius 2 is 2.00 bits per heavy atom. The highest BCUT2D eigenvalue weighted by molar-refractivity contribution is 5.74. The van der Waals surface area contributed by atoms with E-state index in [2.05, 4.69) is 10.6 Å². The van der Waals surface area contributed by atoms with Crippen LogP contribution < -0.4 is 20.1 Å². The lowest BCUT2D eigenvalue weighted by Gasteiger charge is -2.26. The van der Waals surface area contributed by atoms with Gasteiger partial charge in [-0.05, 0) is 36.1 Å². The van der Waals surface area contributed by atoms with E-state index in [1.807, 2.05) is 48.5 Å². The summed E-state index contributed by atoms with van der Waals surface area (Å²) in [5.41, 5.74) is 2.21. The normalized spacial score (nSPS) is 15.8. The number of benzene rings is 2. The van der Waals surface area contributed by atoms with E-state index in [4.69, 9.17) is 9.47 Å². The third-order valence-corrected chi connectivity index (χ3v) is 4.09. The summed E-state index contributed by atoms with van der Waals surface area (Å²) in [6.45, 7) is 1.05. The largest absolute Gasteiger partial charge is 0.496 e. The van der Waals surface area contributed by atoms with Gasteiger partial charge in [0.2, 0.25) is 0 Å². The summed E-state index contributed by atoms with van der Waals surface area (Å²) in [6, 6.07) is 15.6. The number of methoxy groups -OCH3 is 1. The standard InChI is InChI=1S/C19H22N2O3/c1-23-17-8-4-2-6-14(17)10-11-20-19(22)21-16-12-15-7-3-5-9-18(15)24-13-16/h2-9,16H,10-13H2,1H3,(H2,20,21,22)/t16-/m1/s1. The van der Waals surface area contributed by atoms with Crippen molar-refractivity contribution in [1.29, 1.82) is 0 Å². The second-order valence-corrected chi connectivity index (χ2v) is 5.78. The Balaban J connectivity index is 1.45. The average Bonchev–Trinajstić information content (AvgIpc) is 2.62. The van der Waals surface area contributed by atoms with Gasteiger partial charge in [-0.1, -0.05) is 36.4 Å². The minimum absolute atomic E-state index is 0.00818. The fraction of sp³-hybridized carbons (Fsp3) is 0.316. The van der Waals surface area contributed by atoms with Crippen LogP contribution in [-0.2, 0) is 12.8 Å². The van der Waals surface area contributed by atoms with E-state index in [1.54, 1.807) is 7.11 Å². The lowest BCUT2D eigenvalue weighted by Crippen LogP contribution is -2.47. The number of nitrogens with one attached hydrogen (secondary N) is 2. The molecule has 1 aliphatic rings. The van der Waals surface area contributed by atoms with Crippen molar-refractivity contribution < 1.29 is 14.3 Å². The monoisotopic (exact) mass is 326 g/mol. The van der Waals surface area contributed by atoms with Gasteiger partial charge in [-0.25, -0.2) is 4.79 Å². The van der Waals surface area contributed by atoms with E-state index >= 15 is 0 Å². The molecule has 126 valence electrons. The minimum Gasteiger partial charge on any atom is -0.496 e. The first kappa shape index (κ1) is 16.2. The molecule has 0 aromatic heterocycles. The minimum atomic E-state index is -0.169. The number of carbonyl (C=O) groups is 1. The van der Waals surface area contributed by atoms with Crippen LogP contribution >= 0.6 is 0 Å². The maximum Gasteiger partial charge on any atom is 0.315 e. The second-order valence-electron chi connectivity index (χ2n) is 5.78. The lowest BCUT2D eigenvalue weighted by molar-refractivity contribution is 0.214. The molecule has 0 radical (unpaired) electrons. The number of hydrogen-bond donors (Lipinski definition) is 2. The fourth-order valence-corrected chi connectivity index (χ4v) is 2.88. The summed E-state index contributed by atoms with van der Waals surface area (Å²) in [5, 5.41) is 5.86. The van der Waals surface area contributed by atoms with Crippen molar-refractivity contribution in [2.45, 2.75) is 18.9 Å². The van der Waals surface area contributed by atoms with Gasteiger partial charge in [0, 0.05) is 6.54 Å². The van der Waals surface area contributed by atoms with Gasteiger partial charge in [-0.2, -0.15) is 0 Å². The first-order valence-electron chi connectivity index (χ1n) is 8.13. The molecule has 0 saturated carbocycles. The van der Waals surface area contributed by atoms with E-state index in [0.717, 1.165) is 35.5 Å². The van der Waals surface area contributed by atoms with Gasteiger partial charge < -0.3 is 20.1 Å². The molecule has 0 saturated heterocycles. The molecule has 0 bridgehead atoms. The van der Waals surface area contributed by atoms with Crippen LogP contribution in [0.3, 0.4) is 0 Å². The Hall–Kier alpha value is -2.69. The van der Waals surface area contributed by atoms with Crippen LogP contribution in [0.15, 0.2) is 48.5 Å². The molecule has 0 spiro atoms. The van der Waals surface area contributed by atoms with Gasteiger partial charge in [-0.3, -0.25) is 0 Å². The van der Waals surface area contributed by atoms with E-state index in [1.165, 1.54) is 0 Å². The SMILES string of the molecule is COc1ccccc1CCNC(=O)N[C@H]1COc2ccccc2C1. The second kappa shape index (κ2) is 7.73. The summed E-state index contributed by atoms with van der Waals surface area (Å²) < 4.78 is 11.0. The molecule has 5 heteroatoms. The summed E-state index contributed by atoms with van der Waals surface area (Å²) in [6.07, 6.45) is 1.51. The molecule has 1 heterocycles. The van der Waals surface area contributed by atoms with Crippen LogP contribution in [0.2, 0.25) is 0 Å². The summed E-state index contributed by atoms with van der Waals surface area (Å²) in [5.74, 6) is 1.75. The van der Waals surface area contributed by atoms with Crippen LogP contribution in [-0.4, -0.2) is 32.3 Å². The summed E-state index contributed by atoms with van der Waals surface area (Å²) in [4.78, 5) is 12.1. The number of hydrogen-bond acceptors (Lipinski definition) is 3. The highest BCUT2D eigenvalue weighted by atomic mass is 16.5. The predicted octanol–water partition coefficient (Wildman–Crippen LogP) is 2.54. The fourth-order valence-electron chi connectivity index (χ4n) is 2.88. The van der Waals surface area contributed by atoms with Crippen molar-refractivity contribution in [1.82, 2.24) is 10.6 Å². The Labute approximate surface area is 142 Å². The summed E-state index contributed by atoms with van der Waals surface area (Å²) >= 11 is 0. The highest BCUT2D eigenvalue weighted by Gasteiger charge is 2.20. The number of amides is 2. The number of ether oxygens (including phenoxy) is 2. The maximum absolute atomic E-state index is 12.1. The smallest absolute Gasteiger partial charge is 0.315 e. The molecule has 2 aromatic carbocycles. The first-order chi connectivity index (χ1) is 11.8. The predicted molar refractivity (Wildman–Crippen MR) is 92.7 cm³/mol.